The number of nitrogens with zero attached hydrogens (tertiary/aromatic N) is 1. The van der Waals surface area contributed by atoms with Gasteiger partial charge in [0.1, 0.15) is 5.75 Å². The number of aromatic nitrogens is 1. The first-order chi connectivity index (χ1) is 14.7. The van der Waals surface area contributed by atoms with Crippen LogP contribution >= 0.6 is 0 Å². The van der Waals surface area contributed by atoms with Crippen LogP contribution in [0, 0.1) is 5.82 Å². The number of aromatic amines is 1. The average Bonchev–Trinajstić information content (AvgIpc) is 3.21. The van der Waals surface area contributed by atoms with Crippen LogP contribution in [-0.4, -0.2) is 42.6 Å². The Morgan fingerprint density at radius 2 is 2.00 bits per heavy atom. The summed E-state index contributed by atoms with van der Waals surface area (Å²) in [6, 6.07) is 12.4. The number of hydrogen-bond donors (Lipinski definition) is 1. The largest absolute Gasteiger partial charge is 0.497 e. The molecule has 2 aromatic carbocycles. The Morgan fingerprint density at radius 3 is 2.77 bits per heavy atom. The number of hydrogen-bond acceptors (Lipinski definition) is 3. The molecule has 1 aromatic heterocycles. The van der Waals surface area contributed by atoms with Gasteiger partial charge in [0, 0.05) is 36.6 Å². The molecule has 0 saturated carbocycles. The molecule has 30 heavy (non-hydrogen) atoms. The normalized spacial score (nSPS) is 14.8. The maximum atomic E-state index is 13.5. The third-order valence-electron chi connectivity index (χ3n) is 5.84. The van der Waals surface area contributed by atoms with Crippen LogP contribution in [-0.2, 0) is 4.79 Å². The summed E-state index contributed by atoms with van der Waals surface area (Å²) in [4.78, 5) is 17.8. The zero-order valence-corrected chi connectivity index (χ0v) is 17.2. The van der Waals surface area contributed by atoms with Crippen molar-refractivity contribution in [1.29, 1.82) is 0 Å². The van der Waals surface area contributed by atoms with E-state index in [1.165, 1.54) is 17.0 Å². The Bertz CT molecular complexity index is 1010. The van der Waals surface area contributed by atoms with Crippen molar-refractivity contribution < 1.29 is 18.7 Å². The van der Waals surface area contributed by atoms with E-state index in [-0.39, 0.29) is 17.5 Å². The number of methoxy groups -OCH3 is 1. The SMILES string of the molecule is COc1ccc2[nH]cc(C3CCN(C(=O)CCCOc4ccccc4F)CC3)c2c1. The Morgan fingerprint density at radius 1 is 1.20 bits per heavy atom. The first-order valence-corrected chi connectivity index (χ1v) is 10.5. The summed E-state index contributed by atoms with van der Waals surface area (Å²) in [6.45, 7) is 1.85. The van der Waals surface area contributed by atoms with Crippen molar-refractivity contribution in [3.8, 4) is 11.5 Å². The van der Waals surface area contributed by atoms with E-state index in [4.69, 9.17) is 9.47 Å². The summed E-state index contributed by atoms with van der Waals surface area (Å²) in [5, 5.41) is 1.20. The number of amides is 1. The van der Waals surface area contributed by atoms with E-state index in [1.807, 2.05) is 17.0 Å². The van der Waals surface area contributed by atoms with Crippen LogP contribution in [0.3, 0.4) is 0 Å². The first-order valence-electron chi connectivity index (χ1n) is 10.5. The van der Waals surface area contributed by atoms with Gasteiger partial charge in [-0.3, -0.25) is 4.79 Å². The van der Waals surface area contributed by atoms with Gasteiger partial charge in [0.15, 0.2) is 11.6 Å². The number of rotatable bonds is 7. The molecular formula is C24H27FN2O3. The van der Waals surface area contributed by atoms with Crippen molar-refractivity contribution in [3.05, 3.63) is 60.0 Å². The van der Waals surface area contributed by atoms with E-state index >= 15 is 0 Å². The molecule has 1 amide bonds. The zero-order chi connectivity index (χ0) is 20.9. The molecule has 4 rings (SSSR count). The van der Waals surface area contributed by atoms with Gasteiger partial charge in [-0.15, -0.1) is 0 Å². The minimum absolute atomic E-state index is 0.145. The highest BCUT2D eigenvalue weighted by atomic mass is 19.1. The standard InChI is InChI=1S/C24H27FN2O3/c1-29-18-8-9-22-19(15-18)20(16-26-22)17-10-12-27(13-11-17)24(28)7-4-14-30-23-6-3-2-5-21(23)25/h2-3,5-6,8-9,15-17,26H,4,7,10-14H2,1H3. The van der Waals surface area contributed by atoms with Gasteiger partial charge in [-0.25, -0.2) is 4.39 Å². The maximum Gasteiger partial charge on any atom is 0.222 e. The molecule has 0 atom stereocenters. The number of fused-ring (bicyclic) bond motifs is 1. The predicted molar refractivity (Wildman–Crippen MR) is 115 cm³/mol. The summed E-state index contributed by atoms with van der Waals surface area (Å²) in [5.74, 6) is 1.29. The topological polar surface area (TPSA) is 54.6 Å². The van der Waals surface area contributed by atoms with E-state index in [0.29, 0.717) is 25.4 Å². The van der Waals surface area contributed by atoms with Gasteiger partial charge in [-0.2, -0.15) is 0 Å². The van der Waals surface area contributed by atoms with Crippen LogP contribution in [0.2, 0.25) is 0 Å². The van der Waals surface area contributed by atoms with Crippen molar-refractivity contribution in [2.75, 3.05) is 26.8 Å². The molecule has 1 aliphatic rings. The van der Waals surface area contributed by atoms with E-state index in [1.54, 1.807) is 25.3 Å². The molecule has 0 bridgehead atoms. The molecule has 5 nitrogen and oxygen atoms in total. The van der Waals surface area contributed by atoms with Gasteiger partial charge in [0.05, 0.1) is 13.7 Å². The molecule has 0 radical (unpaired) electrons. The fraction of sp³-hybridized carbons (Fsp3) is 0.375. The molecule has 6 heteroatoms. The smallest absolute Gasteiger partial charge is 0.222 e. The van der Waals surface area contributed by atoms with Gasteiger partial charge in [0.25, 0.3) is 0 Å². The van der Waals surface area contributed by atoms with Crippen LogP contribution in [0.1, 0.15) is 37.2 Å². The van der Waals surface area contributed by atoms with Gasteiger partial charge >= 0.3 is 0 Å². The number of piperidine rings is 1. The molecule has 0 aliphatic carbocycles. The molecule has 1 N–H and O–H groups in total. The lowest BCUT2D eigenvalue weighted by molar-refractivity contribution is -0.132. The number of ether oxygens (including phenoxy) is 2. The monoisotopic (exact) mass is 410 g/mol. The Kier molecular flexibility index (Phi) is 6.21. The second kappa shape index (κ2) is 9.20. The van der Waals surface area contributed by atoms with Crippen LogP contribution in [0.15, 0.2) is 48.7 Å². The lowest BCUT2D eigenvalue weighted by Gasteiger charge is -2.32. The second-order valence-electron chi connectivity index (χ2n) is 7.69. The van der Waals surface area contributed by atoms with Crippen molar-refractivity contribution in [3.63, 3.8) is 0 Å². The van der Waals surface area contributed by atoms with E-state index in [2.05, 4.69) is 17.2 Å². The second-order valence-corrected chi connectivity index (χ2v) is 7.69. The fourth-order valence-electron chi connectivity index (χ4n) is 4.15. The van der Waals surface area contributed by atoms with Crippen LogP contribution < -0.4 is 9.47 Å². The zero-order valence-electron chi connectivity index (χ0n) is 17.2. The predicted octanol–water partition coefficient (Wildman–Crippen LogP) is 4.88. The average molecular weight is 410 g/mol. The Balaban J connectivity index is 1.26. The van der Waals surface area contributed by atoms with Gasteiger partial charge in [-0.1, -0.05) is 12.1 Å². The molecule has 158 valence electrons. The summed E-state index contributed by atoms with van der Waals surface area (Å²) < 4.78 is 24.4. The van der Waals surface area contributed by atoms with E-state index < -0.39 is 0 Å². The van der Waals surface area contributed by atoms with Crippen LogP contribution in [0.4, 0.5) is 4.39 Å². The lowest BCUT2D eigenvalue weighted by Crippen LogP contribution is -2.37. The number of nitrogens with one attached hydrogen (secondary N) is 1. The minimum atomic E-state index is -0.374. The van der Waals surface area contributed by atoms with Crippen molar-refractivity contribution in [1.82, 2.24) is 9.88 Å². The number of H-pyrrole nitrogens is 1. The molecule has 3 aromatic rings. The highest BCUT2D eigenvalue weighted by Gasteiger charge is 2.25. The van der Waals surface area contributed by atoms with Crippen molar-refractivity contribution >= 4 is 16.8 Å². The molecule has 1 fully saturated rings. The number of halogens is 1. The fourth-order valence-corrected chi connectivity index (χ4v) is 4.15. The molecular weight excluding hydrogens is 383 g/mol. The molecule has 2 heterocycles. The van der Waals surface area contributed by atoms with Crippen molar-refractivity contribution in [2.24, 2.45) is 0 Å². The highest BCUT2D eigenvalue weighted by molar-refractivity contribution is 5.85. The molecule has 0 unspecified atom stereocenters. The quantitative estimate of drug-likeness (QED) is 0.565. The van der Waals surface area contributed by atoms with Crippen molar-refractivity contribution in [2.45, 2.75) is 31.6 Å². The number of carbonyl (C=O) groups excluding carboxylic acids is 1. The molecule has 1 saturated heterocycles. The Labute approximate surface area is 175 Å². The number of benzene rings is 2. The molecule has 0 spiro atoms. The van der Waals surface area contributed by atoms with E-state index in [9.17, 15) is 9.18 Å². The summed E-state index contributed by atoms with van der Waals surface area (Å²) in [6.07, 6.45) is 4.98. The summed E-state index contributed by atoms with van der Waals surface area (Å²) in [5.41, 5.74) is 2.41. The number of likely N-dealkylation sites (tertiary alicyclic amines) is 1. The summed E-state index contributed by atoms with van der Waals surface area (Å²) >= 11 is 0. The Hall–Kier alpha value is -3.02. The van der Waals surface area contributed by atoms with Gasteiger partial charge < -0.3 is 19.4 Å². The van der Waals surface area contributed by atoms with Gasteiger partial charge in [0.2, 0.25) is 5.91 Å². The molecule has 1 aliphatic heterocycles. The van der Waals surface area contributed by atoms with Crippen LogP contribution in [0.5, 0.6) is 11.5 Å². The maximum absolute atomic E-state index is 13.5. The van der Waals surface area contributed by atoms with Crippen LogP contribution in [0.25, 0.3) is 10.9 Å². The number of para-hydroxylation sites is 1. The lowest BCUT2D eigenvalue weighted by atomic mass is 9.89. The number of carbonyl (C=O) groups is 1. The van der Waals surface area contributed by atoms with E-state index in [0.717, 1.165) is 37.2 Å². The third kappa shape index (κ3) is 4.42. The summed E-state index contributed by atoms with van der Waals surface area (Å²) in [7, 11) is 1.68. The van der Waals surface area contributed by atoms with Gasteiger partial charge in [-0.05, 0) is 61.1 Å². The third-order valence-corrected chi connectivity index (χ3v) is 5.84. The first kappa shape index (κ1) is 20.3. The minimum Gasteiger partial charge on any atom is -0.497 e. The highest BCUT2D eigenvalue weighted by Crippen LogP contribution is 2.34.